The molecule has 0 spiro atoms. The van der Waals surface area contributed by atoms with Crippen molar-refractivity contribution in [1.82, 2.24) is 10.6 Å². The van der Waals surface area contributed by atoms with Gasteiger partial charge in [-0.3, -0.25) is 4.79 Å². The molecule has 5 nitrogen and oxygen atoms in total. The van der Waals surface area contributed by atoms with E-state index in [0.717, 1.165) is 12.8 Å². The van der Waals surface area contributed by atoms with Crippen LogP contribution in [0.25, 0.3) is 0 Å². The van der Waals surface area contributed by atoms with Crippen molar-refractivity contribution in [2.75, 3.05) is 0 Å². The van der Waals surface area contributed by atoms with Crippen LogP contribution in [-0.2, 0) is 9.59 Å². The summed E-state index contributed by atoms with van der Waals surface area (Å²) in [5.41, 5.74) is 0. The van der Waals surface area contributed by atoms with Gasteiger partial charge in [-0.05, 0) is 31.6 Å². The second-order valence-corrected chi connectivity index (χ2v) is 5.53. The molecule has 2 aliphatic rings. The number of carbonyl (C=O) groups excluding carboxylic acids is 1. The molecule has 19 heavy (non-hydrogen) atoms. The standard InChI is InChI=1S/C14H22N2O3/c1-2-5-11(14(18)19)16-13(17)12-8-9-6-3-4-7-10(9)15-12/h2,9-12,15H,1,3-8H2,(H,16,17)(H,18,19). The fraction of sp³-hybridized carbons (Fsp3) is 0.714. The zero-order valence-corrected chi connectivity index (χ0v) is 11.1. The van der Waals surface area contributed by atoms with Crippen LogP contribution in [0.3, 0.4) is 0 Å². The average Bonchev–Trinajstić information content (AvgIpc) is 2.81. The van der Waals surface area contributed by atoms with Crippen LogP contribution in [0.15, 0.2) is 12.7 Å². The van der Waals surface area contributed by atoms with Crippen LogP contribution in [0, 0.1) is 5.92 Å². The number of carboxylic acids is 1. The number of amides is 1. The van der Waals surface area contributed by atoms with Gasteiger partial charge >= 0.3 is 5.97 Å². The first-order valence-corrected chi connectivity index (χ1v) is 7.02. The van der Waals surface area contributed by atoms with Crippen LogP contribution in [0.4, 0.5) is 0 Å². The largest absolute Gasteiger partial charge is 0.480 e. The number of aliphatic carboxylic acids is 1. The topological polar surface area (TPSA) is 78.4 Å². The first kappa shape index (κ1) is 14.1. The van der Waals surface area contributed by atoms with Crippen LogP contribution in [-0.4, -0.2) is 35.1 Å². The van der Waals surface area contributed by atoms with Gasteiger partial charge in [-0.2, -0.15) is 0 Å². The minimum Gasteiger partial charge on any atom is -0.480 e. The van der Waals surface area contributed by atoms with Crippen molar-refractivity contribution in [1.29, 1.82) is 0 Å². The highest BCUT2D eigenvalue weighted by Crippen LogP contribution is 2.33. The third-order valence-corrected chi connectivity index (χ3v) is 4.20. The number of hydrogen-bond donors (Lipinski definition) is 3. The molecule has 0 bridgehead atoms. The predicted molar refractivity (Wildman–Crippen MR) is 71.7 cm³/mol. The Kier molecular flexibility index (Phi) is 4.58. The van der Waals surface area contributed by atoms with Crippen LogP contribution in [0.1, 0.15) is 38.5 Å². The lowest BCUT2D eigenvalue weighted by molar-refractivity contribution is -0.142. The Morgan fingerprint density at radius 2 is 2.16 bits per heavy atom. The lowest BCUT2D eigenvalue weighted by Gasteiger charge is -2.24. The van der Waals surface area contributed by atoms with E-state index in [2.05, 4.69) is 17.2 Å². The zero-order chi connectivity index (χ0) is 13.8. The monoisotopic (exact) mass is 266 g/mol. The molecule has 3 N–H and O–H groups in total. The van der Waals surface area contributed by atoms with E-state index < -0.39 is 12.0 Å². The fourth-order valence-corrected chi connectivity index (χ4v) is 3.18. The first-order chi connectivity index (χ1) is 9.11. The molecule has 1 aliphatic heterocycles. The smallest absolute Gasteiger partial charge is 0.326 e. The van der Waals surface area contributed by atoms with E-state index in [-0.39, 0.29) is 18.4 Å². The molecule has 0 aromatic rings. The van der Waals surface area contributed by atoms with Gasteiger partial charge in [-0.1, -0.05) is 18.9 Å². The van der Waals surface area contributed by atoms with Crippen molar-refractivity contribution in [2.45, 2.75) is 56.7 Å². The average molecular weight is 266 g/mol. The molecule has 1 saturated heterocycles. The molecule has 0 aromatic carbocycles. The lowest BCUT2D eigenvalue weighted by atomic mass is 9.85. The molecular formula is C14H22N2O3. The van der Waals surface area contributed by atoms with E-state index in [1.54, 1.807) is 0 Å². The van der Waals surface area contributed by atoms with Gasteiger partial charge < -0.3 is 15.7 Å². The van der Waals surface area contributed by atoms with Crippen LogP contribution < -0.4 is 10.6 Å². The van der Waals surface area contributed by atoms with Crippen LogP contribution >= 0.6 is 0 Å². The summed E-state index contributed by atoms with van der Waals surface area (Å²) in [5, 5.41) is 15.0. The van der Waals surface area contributed by atoms with Gasteiger partial charge in [-0.15, -0.1) is 6.58 Å². The predicted octanol–water partition coefficient (Wildman–Crippen LogP) is 1.05. The zero-order valence-electron chi connectivity index (χ0n) is 11.1. The Bertz CT molecular complexity index is 356. The summed E-state index contributed by atoms with van der Waals surface area (Å²) >= 11 is 0. The third-order valence-electron chi connectivity index (χ3n) is 4.20. The number of fused-ring (bicyclic) bond motifs is 1. The highest BCUT2D eigenvalue weighted by Gasteiger charge is 2.38. The molecule has 4 atom stereocenters. The SMILES string of the molecule is C=CCC(NC(=O)C1CC2CCCCC2N1)C(=O)O. The van der Waals surface area contributed by atoms with E-state index in [4.69, 9.17) is 5.11 Å². The summed E-state index contributed by atoms with van der Waals surface area (Å²) in [6, 6.07) is -0.665. The maximum absolute atomic E-state index is 12.1. The number of hydrogen-bond acceptors (Lipinski definition) is 3. The van der Waals surface area contributed by atoms with E-state index in [1.807, 2.05) is 0 Å². The van der Waals surface area contributed by atoms with Gasteiger partial charge in [0.15, 0.2) is 0 Å². The van der Waals surface area contributed by atoms with Crippen LogP contribution in [0.2, 0.25) is 0 Å². The van der Waals surface area contributed by atoms with Gasteiger partial charge in [0.05, 0.1) is 6.04 Å². The van der Waals surface area contributed by atoms with E-state index in [9.17, 15) is 9.59 Å². The molecule has 0 radical (unpaired) electrons. The summed E-state index contributed by atoms with van der Waals surface area (Å²) in [6.45, 7) is 3.52. The Hall–Kier alpha value is -1.36. The maximum atomic E-state index is 12.1. The first-order valence-electron chi connectivity index (χ1n) is 7.02. The quantitative estimate of drug-likeness (QED) is 0.650. The molecule has 1 amide bonds. The van der Waals surface area contributed by atoms with Crippen molar-refractivity contribution >= 4 is 11.9 Å². The van der Waals surface area contributed by atoms with Crippen molar-refractivity contribution in [3.8, 4) is 0 Å². The second-order valence-electron chi connectivity index (χ2n) is 5.53. The Morgan fingerprint density at radius 1 is 1.42 bits per heavy atom. The Labute approximate surface area is 113 Å². The molecule has 1 heterocycles. The summed E-state index contributed by atoms with van der Waals surface area (Å²) in [6.07, 6.45) is 7.36. The summed E-state index contributed by atoms with van der Waals surface area (Å²) in [5.74, 6) is -0.625. The Morgan fingerprint density at radius 3 is 2.79 bits per heavy atom. The normalized spacial score (nSPS) is 31.3. The fourth-order valence-electron chi connectivity index (χ4n) is 3.18. The van der Waals surface area contributed by atoms with Gasteiger partial charge in [0.25, 0.3) is 0 Å². The van der Waals surface area contributed by atoms with E-state index >= 15 is 0 Å². The number of rotatable bonds is 5. The molecule has 0 aromatic heterocycles. The second kappa shape index (κ2) is 6.19. The summed E-state index contributed by atoms with van der Waals surface area (Å²) in [7, 11) is 0. The third kappa shape index (κ3) is 3.35. The molecule has 1 aliphatic carbocycles. The minimum atomic E-state index is -1.01. The molecule has 2 fully saturated rings. The maximum Gasteiger partial charge on any atom is 0.326 e. The van der Waals surface area contributed by atoms with E-state index in [1.165, 1.54) is 25.3 Å². The molecule has 106 valence electrons. The molecule has 5 heteroatoms. The lowest BCUT2D eigenvalue weighted by Crippen LogP contribution is -2.49. The molecule has 4 unspecified atom stereocenters. The van der Waals surface area contributed by atoms with Crippen molar-refractivity contribution in [2.24, 2.45) is 5.92 Å². The number of carbonyl (C=O) groups is 2. The van der Waals surface area contributed by atoms with E-state index in [0.29, 0.717) is 12.0 Å². The number of carboxylic acid groups (broad SMARTS) is 1. The highest BCUT2D eigenvalue weighted by atomic mass is 16.4. The van der Waals surface area contributed by atoms with Gasteiger partial charge in [-0.25, -0.2) is 4.79 Å². The number of nitrogens with one attached hydrogen (secondary N) is 2. The van der Waals surface area contributed by atoms with Gasteiger partial charge in [0.1, 0.15) is 6.04 Å². The van der Waals surface area contributed by atoms with Gasteiger partial charge in [0.2, 0.25) is 5.91 Å². The molecular weight excluding hydrogens is 244 g/mol. The minimum absolute atomic E-state index is 0.191. The van der Waals surface area contributed by atoms with Crippen molar-refractivity contribution in [3.63, 3.8) is 0 Å². The molecule has 1 saturated carbocycles. The van der Waals surface area contributed by atoms with Crippen molar-refractivity contribution < 1.29 is 14.7 Å². The van der Waals surface area contributed by atoms with Crippen molar-refractivity contribution in [3.05, 3.63) is 12.7 Å². The van der Waals surface area contributed by atoms with Crippen LogP contribution in [0.5, 0.6) is 0 Å². The molecule has 2 rings (SSSR count). The van der Waals surface area contributed by atoms with Gasteiger partial charge in [0, 0.05) is 6.04 Å². The highest BCUT2D eigenvalue weighted by molar-refractivity contribution is 5.87. The summed E-state index contributed by atoms with van der Waals surface area (Å²) < 4.78 is 0. The Balaban J connectivity index is 1.89. The summed E-state index contributed by atoms with van der Waals surface area (Å²) in [4.78, 5) is 23.1.